The quantitative estimate of drug-likeness (QED) is 0.828. The Bertz CT molecular complexity index is 311. The first-order valence-electron chi connectivity index (χ1n) is 7.03. The summed E-state index contributed by atoms with van der Waals surface area (Å²) in [6, 6.07) is 0. The van der Waals surface area contributed by atoms with Crippen LogP contribution in [0.3, 0.4) is 0 Å². The average molecular weight is 254 g/mol. The molecule has 0 saturated carbocycles. The van der Waals surface area contributed by atoms with E-state index >= 15 is 0 Å². The van der Waals surface area contributed by atoms with Crippen LogP contribution in [0.1, 0.15) is 40.0 Å². The lowest BCUT2D eigenvalue weighted by Gasteiger charge is -2.39. The standard InChI is InChI=1S/C14H26N2O2/c1-13(2)5-4-7-16(8-6-13)12(17)9-18-14(3)10-15-11-14/h15H,4-11H2,1-3H3. The van der Waals surface area contributed by atoms with Gasteiger partial charge < -0.3 is 15.0 Å². The fourth-order valence-electron chi connectivity index (χ4n) is 2.58. The predicted molar refractivity (Wildman–Crippen MR) is 71.4 cm³/mol. The minimum atomic E-state index is -0.124. The van der Waals surface area contributed by atoms with Crippen LogP contribution in [0, 0.1) is 5.41 Å². The van der Waals surface area contributed by atoms with E-state index in [2.05, 4.69) is 26.1 Å². The van der Waals surface area contributed by atoms with Crippen LogP contribution in [0.2, 0.25) is 0 Å². The number of hydrogen-bond acceptors (Lipinski definition) is 3. The van der Waals surface area contributed by atoms with E-state index in [-0.39, 0.29) is 18.1 Å². The maximum absolute atomic E-state index is 12.1. The van der Waals surface area contributed by atoms with Crippen LogP contribution in [0.5, 0.6) is 0 Å². The van der Waals surface area contributed by atoms with E-state index in [1.165, 1.54) is 6.42 Å². The van der Waals surface area contributed by atoms with Crippen molar-refractivity contribution in [3.8, 4) is 0 Å². The van der Waals surface area contributed by atoms with Crippen molar-refractivity contribution in [3.63, 3.8) is 0 Å². The monoisotopic (exact) mass is 254 g/mol. The molecule has 0 aromatic carbocycles. The molecule has 0 aromatic heterocycles. The molecule has 18 heavy (non-hydrogen) atoms. The van der Waals surface area contributed by atoms with E-state index in [0.29, 0.717) is 5.41 Å². The van der Waals surface area contributed by atoms with Crippen LogP contribution in [0.4, 0.5) is 0 Å². The Morgan fingerprint density at radius 3 is 2.56 bits per heavy atom. The summed E-state index contributed by atoms with van der Waals surface area (Å²) in [7, 11) is 0. The fraction of sp³-hybridized carbons (Fsp3) is 0.929. The van der Waals surface area contributed by atoms with Crippen molar-refractivity contribution in [3.05, 3.63) is 0 Å². The van der Waals surface area contributed by atoms with Gasteiger partial charge in [0, 0.05) is 26.2 Å². The number of ether oxygens (including phenoxy) is 1. The zero-order chi connectivity index (χ0) is 13.2. The number of hydrogen-bond donors (Lipinski definition) is 1. The van der Waals surface area contributed by atoms with Gasteiger partial charge in [-0.3, -0.25) is 4.79 Å². The first-order valence-corrected chi connectivity index (χ1v) is 7.03. The van der Waals surface area contributed by atoms with Gasteiger partial charge >= 0.3 is 0 Å². The van der Waals surface area contributed by atoms with Gasteiger partial charge in [-0.1, -0.05) is 13.8 Å². The summed E-state index contributed by atoms with van der Waals surface area (Å²) in [4.78, 5) is 14.1. The lowest BCUT2D eigenvalue weighted by atomic mass is 9.85. The third-order valence-electron chi connectivity index (χ3n) is 4.23. The maximum atomic E-state index is 12.1. The molecule has 2 fully saturated rings. The molecule has 0 radical (unpaired) electrons. The highest BCUT2D eigenvalue weighted by atomic mass is 16.5. The third kappa shape index (κ3) is 3.45. The number of rotatable bonds is 3. The van der Waals surface area contributed by atoms with Gasteiger partial charge in [0.2, 0.25) is 5.91 Å². The number of likely N-dealkylation sites (tertiary alicyclic amines) is 1. The predicted octanol–water partition coefficient (Wildman–Crippen LogP) is 1.40. The Hall–Kier alpha value is -0.610. The zero-order valence-corrected chi connectivity index (χ0v) is 11.9. The van der Waals surface area contributed by atoms with Gasteiger partial charge in [0.15, 0.2) is 0 Å². The molecule has 2 aliphatic heterocycles. The summed E-state index contributed by atoms with van der Waals surface area (Å²) in [5.41, 5.74) is 0.251. The molecule has 1 amide bonds. The molecule has 0 spiro atoms. The van der Waals surface area contributed by atoms with E-state index in [4.69, 9.17) is 4.74 Å². The Labute approximate surface area is 110 Å². The topological polar surface area (TPSA) is 41.6 Å². The molecule has 0 aromatic rings. The number of amides is 1. The molecule has 2 saturated heterocycles. The molecule has 4 heteroatoms. The Balaban J connectivity index is 1.78. The van der Waals surface area contributed by atoms with Crippen LogP contribution < -0.4 is 5.32 Å². The van der Waals surface area contributed by atoms with E-state index in [0.717, 1.165) is 39.0 Å². The smallest absolute Gasteiger partial charge is 0.248 e. The minimum Gasteiger partial charge on any atom is -0.363 e. The van der Waals surface area contributed by atoms with Gasteiger partial charge in [0.1, 0.15) is 6.61 Å². The summed E-state index contributed by atoms with van der Waals surface area (Å²) in [5.74, 6) is 0.154. The molecule has 0 unspecified atom stereocenters. The van der Waals surface area contributed by atoms with Gasteiger partial charge in [-0.05, 0) is 31.6 Å². The zero-order valence-electron chi connectivity index (χ0n) is 11.9. The first-order chi connectivity index (χ1) is 8.40. The summed E-state index contributed by atoms with van der Waals surface area (Å²) in [6.45, 7) is 10.4. The molecule has 2 heterocycles. The van der Waals surface area contributed by atoms with Gasteiger partial charge in [-0.15, -0.1) is 0 Å². The van der Waals surface area contributed by atoms with Crippen molar-refractivity contribution in [2.45, 2.75) is 45.6 Å². The van der Waals surface area contributed by atoms with E-state index in [9.17, 15) is 4.79 Å². The summed E-state index contributed by atoms with van der Waals surface area (Å²) < 4.78 is 5.72. The van der Waals surface area contributed by atoms with Crippen molar-refractivity contribution in [2.75, 3.05) is 32.8 Å². The lowest BCUT2D eigenvalue weighted by molar-refractivity contribution is -0.146. The van der Waals surface area contributed by atoms with Gasteiger partial charge in [-0.25, -0.2) is 0 Å². The fourth-order valence-corrected chi connectivity index (χ4v) is 2.58. The normalized spacial score (nSPS) is 26.3. The number of nitrogens with one attached hydrogen (secondary N) is 1. The summed E-state index contributed by atoms with van der Waals surface area (Å²) in [5, 5.41) is 3.18. The average Bonchev–Trinajstić information content (AvgIpc) is 2.44. The molecule has 0 atom stereocenters. The summed E-state index contributed by atoms with van der Waals surface area (Å²) >= 11 is 0. The maximum Gasteiger partial charge on any atom is 0.248 e. The summed E-state index contributed by atoms with van der Waals surface area (Å²) in [6.07, 6.45) is 3.41. The van der Waals surface area contributed by atoms with E-state index in [1.807, 2.05) is 4.90 Å². The number of nitrogens with zero attached hydrogens (tertiary/aromatic N) is 1. The van der Waals surface area contributed by atoms with Crippen molar-refractivity contribution in [1.82, 2.24) is 10.2 Å². The van der Waals surface area contributed by atoms with Crippen LogP contribution in [0.25, 0.3) is 0 Å². The molecule has 0 aliphatic carbocycles. The number of carbonyl (C=O) groups is 1. The molecule has 1 N–H and O–H groups in total. The second-order valence-corrected chi connectivity index (χ2v) is 6.74. The number of carbonyl (C=O) groups excluding carboxylic acids is 1. The SMILES string of the molecule is CC1(C)CCCN(C(=O)COC2(C)CNC2)CC1. The van der Waals surface area contributed by atoms with Gasteiger partial charge in [0.25, 0.3) is 0 Å². The van der Waals surface area contributed by atoms with Crippen LogP contribution in [0.15, 0.2) is 0 Å². The van der Waals surface area contributed by atoms with E-state index in [1.54, 1.807) is 0 Å². The Morgan fingerprint density at radius 1 is 1.22 bits per heavy atom. The molecule has 2 rings (SSSR count). The second kappa shape index (κ2) is 5.17. The van der Waals surface area contributed by atoms with Gasteiger partial charge in [-0.2, -0.15) is 0 Å². The van der Waals surface area contributed by atoms with Crippen molar-refractivity contribution in [2.24, 2.45) is 5.41 Å². The second-order valence-electron chi connectivity index (χ2n) is 6.74. The van der Waals surface area contributed by atoms with E-state index < -0.39 is 0 Å². The molecular formula is C14H26N2O2. The van der Waals surface area contributed by atoms with Crippen LogP contribution in [-0.4, -0.2) is 49.2 Å². The van der Waals surface area contributed by atoms with Crippen molar-refractivity contribution in [1.29, 1.82) is 0 Å². The molecular weight excluding hydrogens is 228 g/mol. The highest BCUT2D eigenvalue weighted by Crippen LogP contribution is 2.29. The van der Waals surface area contributed by atoms with Crippen molar-refractivity contribution < 1.29 is 9.53 Å². The first kappa shape index (κ1) is 13.8. The van der Waals surface area contributed by atoms with Gasteiger partial charge in [0.05, 0.1) is 5.60 Å². The lowest BCUT2D eigenvalue weighted by Crippen LogP contribution is -2.59. The van der Waals surface area contributed by atoms with Crippen LogP contribution >= 0.6 is 0 Å². The molecule has 2 aliphatic rings. The molecule has 104 valence electrons. The Kier molecular flexibility index (Phi) is 3.97. The Morgan fingerprint density at radius 2 is 1.94 bits per heavy atom. The third-order valence-corrected chi connectivity index (χ3v) is 4.23. The highest BCUT2D eigenvalue weighted by Gasteiger charge is 2.34. The minimum absolute atomic E-state index is 0.124. The van der Waals surface area contributed by atoms with Crippen LogP contribution in [-0.2, 0) is 9.53 Å². The highest BCUT2D eigenvalue weighted by molar-refractivity contribution is 5.77. The largest absolute Gasteiger partial charge is 0.363 e. The van der Waals surface area contributed by atoms with Crippen molar-refractivity contribution >= 4 is 5.91 Å². The molecule has 4 nitrogen and oxygen atoms in total. The molecule has 0 bridgehead atoms.